The molecule has 0 aliphatic carbocycles. The second-order valence-corrected chi connectivity index (χ2v) is 5.63. The van der Waals surface area contributed by atoms with Gasteiger partial charge in [0.1, 0.15) is 5.69 Å². The first-order valence-electron chi connectivity index (χ1n) is 7.51. The first kappa shape index (κ1) is 13.2. The molecule has 3 aromatic rings. The van der Waals surface area contributed by atoms with Crippen LogP contribution in [0.2, 0.25) is 0 Å². The van der Waals surface area contributed by atoms with E-state index in [0.29, 0.717) is 0 Å². The van der Waals surface area contributed by atoms with E-state index in [1.54, 1.807) is 0 Å². The molecule has 0 spiro atoms. The van der Waals surface area contributed by atoms with Gasteiger partial charge in [0.05, 0.1) is 11.0 Å². The molecule has 0 bridgehead atoms. The molecule has 0 saturated carbocycles. The van der Waals surface area contributed by atoms with Crippen molar-refractivity contribution in [2.75, 3.05) is 38.1 Å². The summed E-state index contributed by atoms with van der Waals surface area (Å²) in [5.41, 5.74) is 2.81. The van der Waals surface area contributed by atoms with Gasteiger partial charge in [0, 0.05) is 32.4 Å². The summed E-state index contributed by atoms with van der Waals surface area (Å²) in [6.07, 6.45) is 1.81. The zero-order valence-electron chi connectivity index (χ0n) is 12.5. The van der Waals surface area contributed by atoms with Gasteiger partial charge < -0.3 is 14.8 Å². The van der Waals surface area contributed by atoms with Crippen molar-refractivity contribution in [3.8, 4) is 11.5 Å². The lowest BCUT2D eigenvalue weighted by molar-refractivity contribution is 0.311. The van der Waals surface area contributed by atoms with Crippen molar-refractivity contribution >= 4 is 17.0 Å². The molecule has 0 unspecified atom stereocenters. The van der Waals surface area contributed by atoms with Gasteiger partial charge in [-0.1, -0.05) is 12.1 Å². The zero-order valence-corrected chi connectivity index (χ0v) is 12.5. The molecule has 1 aliphatic rings. The Bertz CT molecular complexity index is 755. The minimum atomic E-state index is 0.783. The number of likely N-dealkylation sites (N-methyl/N-ethyl adjacent to an activating group) is 1. The number of para-hydroxylation sites is 2. The number of nitrogens with zero attached hydrogens (tertiary/aromatic N) is 5. The van der Waals surface area contributed by atoms with Crippen LogP contribution in [0, 0.1) is 0 Å². The molecule has 0 amide bonds. The number of imidazole rings is 1. The van der Waals surface area contributed by atoms with Crippen LogP contribution in [0.5, 0.6) is 0 Å². The summed E-state index contributed by atoms with van der Waals surface area (Å²) in [4.78, 5) is 21.6. The monoisotopic (exact) mass is 294 g/mol. The van der Waals surface area contributed by atoms with Crippen LogP contribution in [0.4, 0.5) is 5.95 Å². The van der Waals surface area contributed by atoms with Crippen molar-refractivity contribution in [3.05, 3.63) is 36.5 Å². The maximum atomic E-state index is 4.69. The van der Waals surface area contributed by atoms with E-state index in [0.717, 1.165) is 54.7 Å². The largest absolute Gasteiger partial charge is 0.338 e. The number of benzene rings is 1. The Balaban J connectivity index is 1.66. The highest BCUT2D eigenvalue weighted by atomic mass is 15.3. The smallest absolute Gasteiger partial charge is 0.226 e. The Morgan fingerprint density at radius 3 is 2.64 bits per heavy atom. The van der Waals surface area contributed by atoms with E-state index in [1.807, 2.05) is 36.5 Å². The summed E-state index contributed by atoms with van der Waals surface area (Å²) in [6, 6.07) is 9.91. The number of aromatic amines is 1. The van der Waals surface area contributed by atoms with Crippen molar-refractivity contribution < 1.29 is 0 Å². The molecule has 0 radical (unpaired) electrons. The van der Waals surface area contributed by atoms with E-state index in [1.165, 1.54) is 0 Å². The van der Waals surface area contributed by atoms with Crippen LogP contribution in [0.25, 0.3) is 22.6 Å². The Morgan fingerprint density at radius 1 is 1.00 bits per heavy atom. The van der Waals surface area contributed by atoms with Crippen LogP contribution in [0.15, 0.2) is 36.5 Å². The van der Waals surface area contributed by atoms with E-state index >= 15 is 0 Å². The Morgan fingerprint density at radius 2 is 1.82 bits per heavy atom. The second kappa shape index (κ2) is 5.38. The quantitative estimate of drug-likeness (QED) is 0.780. The second-order valence-electron chi connectivity index (χ2n) is 5.63. The molecule has 6 nitrogen and oxygen atoms in total. The van der Waals surface area contributed by atoms with Crippen molar-refractivity contribution in [1.82, 2.24) is 24.8 Å². The van der Waals surface area contributed by atoms with Gasteiger partial charge in [-0.25, -0.2) is 15.0 Å². The topological polar surface area (TPSA) is 60.9 Å². The molecule has 1 fully saturated rings. The van der Waals surface area contributed by atoms with E-state index in [2.05, 4.69) is 36.8 Å². The lowest BCUT2D eigenvalue weighted by Gasteiger charge is -2.32. The fraction of sp³-hybridized carbons (Fsp3) is 0.312. The highest BCUT2D eigenvalue weighted by Gasteiger charge is 2.17. The third kappa shape index (κ3) is 2.42. The molecule has 6 heteroatoms. The lowest BCUT2D eigenvalue weighted by atomic mass is 10.3. The fourth-order valence-electron chi connectivity index (χ4n) is 2.71. The lowest BCUT2D eigenvalue weighted by Crippen LogP contribution is -2.45. The standard InChI is InChI=1S/C16H18N6/c1-21-8-10-22(11-9-21)16-17-7-6-14(20-16)15-18-12-4-2-3-5-13(12)19-15/h2-7H,8-11H2,1H3,(H,18,19). The number of aromatic nitrogens is 4. The molecule has 1 aromatic carbocycles. The van der Waals surface area contributed by atoms with Gasteiger partial charge in [-0.2, -0.15) is 0 Å². The van der Waals surface area contributed by atoms with Crippen LogP contribution in [0.3, 0.4) is 0 Å². The van der Waals surface area contributed by atoms with E-state index in [-0.39, 0.29) is 0 Å². The molecule has 22 heavy (non-hydrogen) atoms. The Kier molecular flexibility index (Phi) is 3.23. The van der Waals surface area contributed by atoms with Crippen molar-refractivity contribution in [1.29, 1.82) is 0 Å². The molecule has 112 valence electrons. The van der Waals surface area contributed by atoms with Gasteiger partial charge in [0.2, 0.25) is 5.95 Å². The minimum absolute atomic E-state index is 0.783. The first-order chi connectivity index (χ1) is 10.8. The summed E-state index contributed by atoms with van der Waals surface area (Å²) >= 11 is 0. The van der Waals surface area contributed by atoms with Crippen LogP contribution >= 0.6 is 0 Å². The summed E-state index contributed by atoms with van der Waals surface area (Å²) < 4.78 is 0. The number of rotatable bonds is 2. The third-order valence-corrected chi connectivity index (χ3v) is 4.06. The van der Waals surface area contributed by atoms with Gasteiger partial charge in [0.15, 0.2) is 5.82 Å². The molecular weight excluding hydrogens is 276 g/mol. The number of nitrogens with one attached hydrogen (secondary N) is 1. The minimum Gasteiger partial charge on any atom is -0.338 e. The molecule has 2 aromatic heterocycles. The fourth-order valence-corrected chi connectivity index (χ4v) is 2.71. The summed E-state index contributed by atoms with van der Waals surface area (Å²) in [6.45, 7) is 4.00. The highest BCUT2D eigenvalue weighted by molar-refractivity contribution is 5.78. The molecule has 4 rings (SSSR count). The van der Waals surface area contributed by atoms with E-state index in [9.17, 15) is 0 Å². The van der Waals surface area contributed by atoms with E-state index in [4.69, 9.17) is 0 Å². The van der Waals surface area contributed by atoms with Crippen LogP contribution in [-0.2, 0) is 0 Å². The first-order valence-corrected chi connectivity index (χ1v) is 7.51. The highest BCUT2D eigenvalue weighted by Crippen LogP contribution is 2.20. The molecular formula is C16H18N6. The van der Waals surface area contributed by atoms with Crippen LogP contribution in [-0.4, -0.2) is 58.1 Å². The normalized spacial score (nSPS) is 16.3. The zero-order chi connectivity index (χ0) is 14.9. The van der Waals surface area contributed by atoms with Gasteiger partial charge in [-0.05, 0) is 25.2 Å². The number of fused-ring (bicyclic) bond motifs is 1. The Hall–Kier alpha value is -2.47. The molecule has 0 atom stereocenters. The summed E-state index contributed by atoms with van der Waals surface area (Å²) in [5, 5.41) is 0. The van der Waals surface area contributed by atoms with E-state index < -0.39 is 0 Å². The van der Waals surface area contributed by atoms with Crippen molar-refractivity contribution in [2.24, 2.45) is 0 Å². The number of anilines is 1. The summed E-state index contributed by atoms with van der Waals surface area (Å²) in [5.74, 6) is 1.57. The van der Waals surface area contributed by atoms with Gasteiger partial charge in [-0.3, -0.25) is 0 Å². The number of hydrogen-bond donors (Lipinski definition) is 1. The predicted octanol–water partition coefficient (Wildman–Crippen LogP) is 1.77. The number of H-pyrrole nitrogens is 1. The van der Waals surface area contributed by atoms with Gasteiger partial charge in [-0.15, -0.1) is 0 Å². The van der Waals surface area contributed by atoms with Crippen molar-refractivity contribution in [3.63, 3.8) is 0 Å². The van der Waals surface area contributed by atoms with Crippen molar-refractivity contribution in [2.45, 2.75) is 0 Å². The molecule has 1 saturated heterocycles. The SMILES string of the molecule is CN1CCN(c2nccc(-c3nc4ccccc4[nH]3)n2)CC1. The molecule has 3 heterocycles. The third-order valence-electron chi connectivity index (χ3n) is 4.06. The molecule has 1 N–H and O–H groups in total. The maximum absolute atomic E-state index is 4.69. The van der Waals surface area contributed by atoms with Crippen LogP contribution < -0.4 is 4.90 Å². The van der Waals surface area contributed by atoms with Gasteiger partial charge >= 0.3 is 0 Å². The average molecular weight is 294 g/mol. The predicted molar refractivity (Wildman–Crippen MR) is 86.8 cm³/mol. The number of piperazine rings is 1. The number of hydrogen-bond acceptors (Lipinski definition) is 5. The Labute approximate surface area is 128 Å². The maximum Gasteiger partial charge on any atom is 0.226 e. The molecule has 1 aliphatic heterocycles. The average Bonchev–Trinajstić information content (AvgIpc) is 3.00. The summed E-state index contributed by atoms with van der Waals surface area (Å²) in [7, 11) is 2.14. The van der Waals surface area contributed by atoms with Crippen LogP contribution in [0.1, 0.15) is 0 Å². The van der Waals surface area contributed by atoms with Gasteiger partial charge in [0.25, 0.3) is 0 Å².